The van der Waals surface area contributed by atoms with E-state index >= 15 is 0 Å². The molecule has 2 N–H and O–H groups in total. The van der Waals surface area contributed by atoms with Gasteiger partial charge in [-0.1, -0.05) is 20.4 Å². The Morgan fingerprint density at radius 1 is 1.35 bits per heavy atom. The van der Waals surface area contributed by atoms with Gasteiger partial charge in [0.15, 0.2) is 0 Å². The molecular formula is C15H26N4O. The number of rotatable bonds is 5. The van der Waals surface area contributed by atoms with Gasteiger partial charge in [0.1, 0.15) is 5.82 Å². The van der Waals surface area contributed by atoms with Crippen molar-refractivity contribution >= 4 is 5.82 Å². The molecule has 1 saturated heterocycles. The van der Waals surface area contributed by atoms with Crippen LogP contribution in [0.15, 0.2) is 17.1 Å². The number of hydrogen-bond donors (Lipinski definition) is 2. The molecule has 1 aliphatic heterocycles. The molecule has 0 aliphatic carbocycles. The van der Waals surface area contributed by atoms with Crippen molar-refractivity contribution in [2.45, 2.75) is 39.7 Å². The molecule has 1 aliphatic rings. The van der Waals surface area contributed by atoms with Crippen LogP contribution in [0.1, 0.15) is 38.7 Å². The van der Waals surface area contributed by atoms with Gasteiger partial charge < -0.3 is 10.2 Å². The molecule has 1 aromatic rings. The van der Waals surface area contributed by atoms with Crippen LogP contribution in [0.25, 0.3) is 0 Å². The van der Waals surface area contributed by atoms with Crippen molar-refractivity contribution < 1.29 is 0 Å². The van der Waals surface area contributed by atoms with Crippen molar-refractivity contribution in [3.63, 3.8) is 0 Å². The SMILES string of the molecule is C=C(NCc1c(N2CCCCC2)n(C)[nH]c1=O)C(C)C. The van der Waals surface area contributed by atoms with Crippen molar-refractivity contribution in [3.05, 3.63) is 28.2 Å². The maximum atomic E-state index is 12.1. The van der Waals surface area contributed by atoms with Crippen LogP contribution < -0.4 is 15.8 Å². The molecule has 5 heteroatoms. The fourth-order valence-electron chi connectivity index (χ4n) is 2.65. The maximum absolute atomic E-state index is 12.1. The lowest BCUT2D eigenvalue weighted by molar-refractivity contribution is 0.558. The average Bonchev–Trinajstić information content (AvgIpc) is 2.71. The van der Waals surface area contributed by atoms with Crippen molar-refractivity contribution in [2.24, 2.45) is 13.0 Å². The fraction of sp³-hybridized carbons (Fsp3) is 0.667. The second-order valence-electron chi connectivity index (χ2n) is 5.88. The van der Waals surface area contributed by atoms with Crippen LogP contribution in [0.3, 0.4) is 0 Å². The molecule has 1 fully saturated rings. The summed E-state index contributed by atoms with van der Waals surface area (Å²) in [6, 6.07) is 0. The lowest BCUT2D eigenvalue weighted by atomic mass is 10.1. The highest BCUT2D eigenvalue weighted by Crippen LogP contribution is 2.21. The van der Waals surface area contributed by atoms with Crippen molar-refractivity contribution in [1.29, 1.82) is 0 Å². The molecule has 5 nitrogen and oxygen atoms in total. The van der Waals surface area contributed by atoms with E-state index < -0.39 is 0 Å². The minimum absolute atomic E-state index is 0.00266. The summed E-state index contributed by atoms with van der Waals surface area (Å²) in [5.74, 6) is 1.40. The predicted molar refractivity (Wildman–Crippen MR) is 82.9 cm³/mol. The quantitative estimate of drug-likeness (QED) is 0.866. The molecule has 0 saturated carbocycles. The first-order chi connectivity index (χ1) is 9.50. The summed E-state index contributed by atoms with van der Waals surface area (Å²) < 4.78 is 1.85. The predicted octanol–water partition coefficient (Wildman–Crippen LogP) is 1.96. The lowest BCUT2D eigenvalue weighted by Crippen LogP contribution is -2.32. The Morgan fingerprint density at radius 2 is 2.00 bits per heavy atom. The molecule has 0 aromatic carbocycles. The molecular weight excluding hydrogens is 252 g/mol. The Bertz CT molecular complexity index is 520. The molecule has 0 atom stereocenters. The number of nitrogens with zero attached hydrogens (tertiary/aromatic N) is 2. The minimum atomic E-state index is -0.00266. The third-order valence-electron chi connectivity index (χ3n) is 3.98. The summed E-state index contributed by atoms with van der Waals surface area (Å²) in [7, 11) is 1.91. The first-order valence-corrected chi connectivity index (χ1v) is 7.46. The summed E-state index contributed by atoms with van der Waals surface area (Å²) in [5, 5.41) is 6.15. The minimum Gasteiger partial charge on any atom is -0.384 e. The number of aromatic amines is 1. The Kier molecular flexibility index (Phi) is 4.57. The van der Waals surface area contributed by atoms with Crippen molar-refractivity contribution in [3.8, 4) is 0 Å². The highest BCUT2D eigenvalue weighted by atomic mass is 16.1. The molecule has 2 heterocycles. The number of H-pyrrole nitrogens is 1. The summed E-state index contributed by atoms with van der Waals surface area (Å²) in [6.45, 7) is 10.8. The van der Waals surface area contributed by atoms with E-state index in [9.17, 15) is 4.79 Å². The van der Waals surface area contributed by atoms with Crippen molar-refractivity contribution in [2.75, 3.05) is 18.0 Å². The zero-order valence-electron chi connectivity index (χ0n) is 12.8. The van der Waals surface area contributed by atoms with E-state index in [-0.39, 0.29) is 5.56 Å². The van der Waals surface area contributed by atoms with Crippen LogP contribution >= 0.6 is 0 Å². The molecule has 1 aromatic heterocycles. The highest BCUT2D eigenvalue weighted by molar-refractivity contribution is 5.47. The van der Waals surface area contributed by atoms with Gasteiger partial charge in [-0.25, -0.2) is 0 Å². The Balaban J connectivity index is 2.19. The zero-order valence-corrected chi connectivity index (χ0v) is 12.8. The van der Waals surface area contributed by atoms with Crippen LogP contribution in [-0.2, 0) is 13.6 Å². The topological polar surface area (TPSA) is 53.1 Å². The summed E-state index contributed by atoms with van der Waals surface area (Å²) in [6.07, 6.45) is 3.68. The van der Waals surface area contributed by atoms with E-state index in [0.29, 0.717) is 12.5 Å². The second kappa shape index (κ2) is 6.20. The lowest BCUT2D eigenvalue weighted by Gasteiger charge is -2.29. The van der Waals surface area contributed by atoms with Gasteiger partial charge >= 0.3 is 0 Å². The van der Waals surface area contributed by atoms with E-state index in [1.807, 2.05) is 11.7 Å². The van der Waals surface area contributed by atoms with Gasteiger partial charge in [0.05, 0.1) is 5.56 Å². The molecule has 0 radical (unpaired) electrons. The summed E-state index contributed by atoms with van der Waals surface area (Å²) >= 11 is 0. The van der Waals surface area contributed by atoms with Crippen LogP contribution in [0.5, 0.6) is 0 Å². The second-order valence-corrected chi connectivity index (χ2v) is 5.88. The number of anilines is 1. The Labute approximate surface area is 120 Å². The molecule has 0 bridgehead atoms. The van der Waals surface area contributed by atoms with Gasteiger partial charge in [-0.3, -0.25) is 14.6 Å². The fourth-order valence-corrected chi connectivity index (χ4v) is 2.65. The third-order valence-corrected chi connectivity index (χ3v) is 3.98. The molecule has 20 heavy (non-hydrogen) atoms. The maximum Gasteiger partial charge on any atom is 0.271 e. The van der Waals surface area contributed by atoms with Gasteiger partial charge in [0, 0.05) is 32.4 Å². The van der Waals surface area contributed by atoms with Gasteiger partial charge in [0.25, 0.3) is 5.56 Å². The molecule has 0 unspecified atom stereocenters. The number of hydrogen-bond acceptors (Lipinski definition) is 3. The highest BCUT2D eigenvalue weighted by Gasteiger charge is 2.20. The van der Waals surface area contributed by atoms with E-state index in [1.54, 1.807) is 0 Å². The largest absolute Gasteiger partial charge is 0.384 e. The van der Waals surface area contributed by atoms with E-state index in [0.717, 1.165) is 30.2 Å². The summed E-state index contributed by atoms with van der Waals surface area (Å²) in [4.78, 5) is 14.4. The summed E-state index contributed by atoms with van der Waals surface area (Å²) in [5.41, 5.74) is 1.78. The smallest absolute Gasteiger partial charge is 0.271 e. The van der Waals surface area contributed by atoms with Crippen molar-refractivity contribution in [1.82, 2.24) is 15.1 Å². The molecule has 0 amide bonds. The van der Waals surface area contributed by atoms with Gasteiger partial charge in [-0.05, 0) is 25.2 Å². The van der Waals surface area contributed by atoms with Crippen LogP contribution in [0, 0.1) is 5.92 Å². The Hall–Kier alpha value is -1.65. The number of aryl methyl sites for hydroxylation is 1. The monoisotopic (exact) mass is 278 g/mol. The van der Waals surface area contributed by atoms with Gasteiger partial charge in [-0.15, -0.1) is 0 Å². The van der Waals surface area contributed by atoms with Gasteiger partial charge in [0.2, 0.25) is 0 Å². The standard InChI is InChI=1S/C15H26N4O/c1-11(2)12(3)16-10-13-14(20)17-18(4)15(13)19-8-6-5-7-9-19/h11,16H,3,5-10H2,1-2,4H3,(H,17,20). The van der Waals surface area contributed by atoms with Crippen LogP contribution in [0.4, 0.5) is 5.82 Å². The molecule has 2 rings (SSSR count). The first-order valence-electron chi connectivity index (χ1n) is 7.46. The van der Waals surface area contributed by atoms with Gasteiger partial charge in [-0.2, -0.15) is 0 Å². The van der Waals surface area contributed by atoms with E-state index in [4.69, 9.17) is 0 Å². The zero-order chi connectivity index (χ0) is 14.7. The Morgan fingerprint density at radius 3 is 2.60 bits per heavy atom. The van der Waals surface area contributed by atoms with Crippen LogP contribution in [-0.4, -0.2) is 22.9 Å². The number of piperidine rings is 1. The first kappa shape index (κ1) is 14.8. The third kappa shape index (κ3) is 3.08. The van der Waals surface area contributed by atoms with Crippen LogP contribution in [0.2, 0.25) is 0 Å². The number of nitrogens with one attached hydrogen (secondary N) is 2. The normalized spacial score (nSPS) is 15.7. The average molecular weight is 278 g/mol. The number of allylic oxidation sites excluding steroid dienone is 1. The molecule has 112 valence electrons. The number of aromatic nitrogens is 2. The van der Waals surface area contributed by atoms with E-state index in [2.05, 4.69) is 35.7 Å². The van der Waals surface area contributed by atoms with E-state index in [1.165, 1.54) is 19.3 Å². The molecule has 0 spiro atoms.